The van der Waals surface area contributed by atoms with Crippen LogP contribution >= 0.6 is 0 Å². The molecule has 0 spiro atoms. The molecule has 0 aromatic carbocycles. The van der Waals surface area contributed by atoms with E-state index in [0.29, 0.717) is 24.9 Å². The highest BCUT2D eigenvalue weighted by molar-refractivity contribution is 5.44. The monoisotopic (exact) mass is 197 g/mol. The first-order valence-corrected chi connectivity index (χ1v) is 4.50. The lowest BCUT2D eigenvalue weighted by Gasteiger charge is -2.09. The van der Waals surface area contributed by atoms with E-state index in [9.17, 15) is 0 Å². The van der Waals surface area contributed by atoms with Crippen LogP contribution in [-0.4, -0.2) is 30.3 Å². The molecule has 5 nitrogen and oxygen atoms in total. The van der Waals surface area contributed by atoms with Crippen molar-refractivity contribution in [2.24, 2.45) is 0 Å². The molecule has 0 aliphatic carbocycles. The van der Waals surface area contributed by atoms with Gasteiger partial charge < -0.3 is 15.2 Å². The average Bonchev–Trinajstić information content (AvgIpc) is 2.18. The summed E-state index contributed by atoms with van der Waals surface area (Å²) in [5.74, 6) is 1.03. The fourth-order valence-corrected chi connectivity index (χ4v) is 1.09. The summed E-state index contributed by atoms with van der Waals surface area (Å²) in [5.41, 5.74) is 6.52. The summed E-state index contributed by atoms with van der Waals surface area (Å²) in [6.45, 7) is 2.99. The third-order valence-corrected chi connectivity index (χ3v) is 1.82. The minimum Gasteiger partial charge on any atom is -0.475 e. The highest BCUT2D eigenvalue weighted by atomic mass is 16.5. The number of methoxy groups -OCH3 is 1. The summed E-state index contributed by atoms with van der Waals surface area (Å²) in [4.78, 5) is 7.91. The molecule has 1 heterocycles. The fraction of sp³-hybridized carbons (Fsp3) is 0.556. The van der Waals surface area contributed by atoms with Gasteiger partial charge >= 0.3 is 0 Å². The molecule has 0 aliphatic heterocycles. The van der Waals surface area contributed by atoms with E-state index in [1.54, 1.807) is 7.11 Å². The highest BCUT2D eigenvalue weighted by Gasteiger charge is 2.07. The van der Waals surface area contributed by atoms with E-state index in [2.05, 4.69) is 9.97 Å². The van der Waals surface area contributed by atoms with E-state index in [0.717, 1.165) is 12.0 Å². The van der Waals surface area contributed by atoms with Crippen molar-refractivity contribution in [1.82, 2.24) is 9.97 Å². The van der Waals surface area contributed by atoms with Crippen molar-refractivity contribution in [1.29, 1.82) is 0 Å². The number of nitrogens with zero attached hydrogens (tertiary/aromatic N) is 2. The number of ether oxygens (including phenoxy) is 2. The zero-order chi connectivity index (χ0) is 10.4. The van der Waals surface area contributed by atoms with Gasteiger partial charge in [0.2, 0.25) is 5.88 Å². The molecule has 0 amide bonds. The lowest BCUT2D eigenvalue weighted by molar-refractivity contribution is 0.143. The van der Waals surface area contributed by atoms with Gasteiger partial charge in [0.15, 0.2) is 0 Å². The number of rotatable bonds is 5. The first-order valence-electron chi connectivity index (χ1n) is 4.50. The van der Waals surface area contributed by atoms with Gasteiger partial charge in [0.25, 0.3) is 0 Å². The Morgan fingerprint density at radius 3 is 2.79 bits per heavy atom. The number of nitrogens with two attached hydrogens (primary N) is 1. The molecule has 1 aromatic rings. The predicted octanol–water partition coefficient (Wildman–Crippen LogP) is 0.646. The van der Waals surface area contributed by atoms with Gasteiger partial charge in [-0.2, -0.15) is 0 Å². The highest BCUT2D eigenvalue weighted by Crippen LogP contribution is 2.19. The molecule has 0 unspecified atom stereocenters. The zero-order valence-corrected chi connectivity index (χ0v) is 8.49. The van der Waals surface area contributed by atoms with Gasteiger partial charge in [0, 0.05) is 7.11 Å². The van der Waals surface area contributed by atoms with E-state index in [1.807, 2.05) is 6.92 Å². The van der Waals surface area contributed by atoms with Gasteiger partial charge in [-0.15, -0.1) is 0 Å². The van der Waals surface area contributed by atoms with E-state index < -0.39 is 0 Å². The van der Waals surface area contributed by atoms with Crippen molar-refractivity contribution < 1.29 is 9.47 Å². The van der Waals surface area contributed by atoms with Crippen LogP contribution in [0.2, 0.25) is 0 Å². The van der Waals surface area contributed by atoms with E-state index in [1.165, 1.54) is 6.33 Å². The SMILES string of the molecule is CCc1c(N)ncnc1OCCOC. The minimum atomic E-state index is 0.472. The van der Waals surface area contributed by atoms with Gasteiger partial charge in [-0.05, 0) is 6.42 Å². The molecule has 0 fully saturated rings. The Labute approximate surface area is 83.3 Å². The standard InChI is InChI=1S/C9H15N3O2/c1-3-7-8(10)11-6-12-9(7)14-5-4-13-2/h6H,3-5H2,1-2H3,(H2,10,11,12). The summed E-state index contributed by atoms with van der Waals surface area (Å²) < 4.78 is 10.3. The number of hydrogen-bond acceptors (Lipinski definition) is 5. The zero-order valence-electron chi connectivity index (χ0n) is 8.49. The van der Waals surface area contributed by atoms with E-state index in [-0.39, 0.29) is 0 Å². The maximum atomic E-state index is 5.67. The lowest BCUT2D eigenvalue weighted by atomic mass is 10.2. The Hall–Kier alpha value is -1.36. The van der Waals surface area contributed by atoms with Crippen LogP contribution in [0, 0.1) is 0 Å². The number of anilines is 1. The first kappa shape index (κ1) is 10.7. The van der Waals surface area contributed by atoms with Crippen LogP contribution in [0.25, 0.3) is 0 Å². The summed E-state index contributed by atoms with van der Waals surface area (Å²) in [5, 5.41) is 0. The Kier molecular flexibility index (Phi) is 4.12. The van der Waals surface area contributed by atoms with Crippen LogP contribution in [0.4, 0.5) is 5.82 Å². The molecule has 1 aromatic heterocycles. The second-order valence-electron chi connectivity index (χ2n) is 2.74. The maximum absolute atomic E-state index is 5.67. The van der Waals surface area contributed by atoms with Crippen molar-refractivity contribution in [2.75, 3.05) is 26.1 Å². The third-order valence-electron chi connectivity index (χ3n) is 1.82. The van der Waals surface area contributed by atoms with Gasteiger partial charge in [-0.3, -0.25) is 0 Å². The van der Waals surface area contributed by atoms with Gasteiger partial charge in [-0.25, -0.2) is 9.97 Å². The van der Waals surface area contributed by atoms with Crippen LogP contribution in [-0.2, 0) is 11.2 Å². The summed E-state index contributed by atoms with van der Waals surface area (Å²) in [6, 6.07) is 0. The van der Waals surface area contributed by atoms with Crippen molar-refractivity contribution in [3.05, 3.63) is 11.9 Å². The van der Waals surface area contributed by atoms with Crippen molar-refractivity contribution >= 4 is 5.82 Å². The van der Waals surface area contributed by atoms with Gasteiger partial charge in [-0.1, -0.05) is 6.92 Å². The van der Waals surface area contributed by atoms with Crippen LogP contribution in [0.3, 0.4) is 0 Å². The largest absolute Gasteiger partial charge is 0.475 e. The number of hydrogen-bond donors (Lipinski definition) is 1. The molecule has 0 aliphatic rings. The van der Waals surface area contributed by atoms with Crippen molar-refractivity contribution in [2.45, 2.75) is 13.3 Å². The van der Waals surface area contributed by atoms with E-state index >= 15 is 0 Å². The predicted molar refractivity (Wildman–Crippen MR) is 53.2 cm³/mol. The molecule has 5 heteroatoms. The molecule has 0 radical (unpaired) electrons. The topological polar surface area (TPSA) is 70.3 Å². The summed E-state index contributed by atoms with van der Waals surface area (Å²) in [7, 11) is 1.62. The first-order chi connectivity index (χ1) is 6.79. The maximum Gasteiger partial charge on any atom is 0.221 e. The van der Waals surface area contributed by atoms with Crippen LogP contribution in [0.1, 0.15) is 12.5 Å². The summed E-state index contributed by atoms with van der Waals surface area (Å²) >= 11 is 0. The molecule has 2 N–H and O–H groups in total. The minimum absolute atomic E-state index is 0.472. The third kappa shape index (κ3) is 2.56. The quantitative estimate of drug-likeness (QED) is 0.702. The smallest absolute Gasteiger partial charge is 0.221 e. The summed E-state index contributed by atoms with van der Waals surface area (Å²) in [6.07, 6.45) is 2.16. The second-order valence-corrected chi connectivity index (χ2v) is 2.74. The Morgan fingerprint density at radius 2 is 2.14 bits per heavy atom. The lowest BCUT2D eigenvalue weighted by Crippen LogP contribution is -2.09. The molecule has 14 heavy (non-hydrogen) atoms. The fourth-order valence-electron chi connectivity index (χ4n) is 1.09. The molecule has 78 valence electrons. The van der Waals surface area contributed by atoms with Crippen LogP contribution in [0.15, 0.2) is 6.33 Å². The molecule has 0 saturated heterocycles. The van der Waals surface area contributed by atoms with Gasteiger partial charge in [0.1, 0.15) is 18.8 Å². The average molecular weight is 197 g/mol. The molecule has 0 atom stereocenters. The van der Waals surface area contributed by atoms with Gasteiger partial charge in [0.05, 0.1) is 12.2 Å². The Morgan fingerprint density at radius 1 is 1.36 bits per heavy atom. The van der Waals surface area contributed by atoms with Crippen LogP contribution < -0.4 is 10.5 Å². The van der Waals surface area contributed by atoms with E-state index in [4.69, 9.17) is 15.2 Å². The molecule has 0 bridgehead atoms. The van der Waals surface area contributed by atoms with Crippen molar-refractivity contribution in [3.63, 3.8) is 0 Å². The molecular weight excluding hydrogens is 182 g/mol. The second kappa shape index (κ2) is 5.39. The van der Waals surface area contributed by atoms with Crippen LogP contribution in [0.5, 0.6) is 5.88 Å². The molecule has 1 rings (SSSR count). The number of aromatic nitrogens is 2. The Bertz CT molecular complexity index is 291. The Balaban J connectivity index is 2.70. The number of nitrogen functional groups attached to an aromatic ring is 1. The molecular formula is C9H15N3O2. The van der Waals surface area contributed by atoms with Crippen molar-refractivity contribution in [3.8, 4) is 5.88 Å². The normalized spacial score (nSPS) is 10.1. The molecule has 0 saturated carbocycles.